The molecular formula is C28H22F2N2O4. The Kier molecular flexibility index (Phi) is 6.18. The van der Waals surface area contributed by atoms with E-state index < -0.39 is 11.2 Å². The number of Topliss-reactive ketones (excluding diaryl/α,β-unsaturated/α-hetero) is 2. The number of hydrogen-bond acceptors (Lipinski definition) is 6. The van der Waals surface area contributed by atoms with Crippen LogP contribution < -0.4 is 9.47 Å². The van der Waals surface area contributed by atoms with E-state index in [-0.39, 0.29) is 36.0 Å². The molecule has 4 aromatic rings. The number of ketones is 2. The molecule has 0 aliphatic heterocycles. The van der Waals surface area contributed by atoms with Gasteiger partial charge < -0.3 is 9.47 Å². The van der Waals surface area contributed by atoms with Crippen molar-refractivity contribution in [3.63, 3.8) is 0 Å². The van der Waals surface area contributed by atoms with Gasteiger partial charge in [-0.3, -0.25) is 14.6 Å². The largest absolute Gasteiger partial charge is 0.481 e. The number of fused-ring (bicyclic) bond motifs is 1. The van der Waals surface area contributed by atoms with Crippen molar-refractivity contribution < 1.29 is 27.8 Å². The number of ether oxygens (including phenoxy) is 2. The van der Waals surface area contributed by atoms with Gasteiger partial charge in [0, 0.05) is 31.3 Å². The van der Waals surface area contributed by atoms with Crippen LogP contribution in [0.5, 0.6) is 17.4 Å². The zero-order valence-corrected chi connectivity index (χ0v) is 19.5. The van der Waals surface area contributed by atoms with E-state index in [1.54, 1.807) is 42.7 Å². The second kappa shape index (κ2) is 9.45. The van der Waals surface area contributed by atoms with Crippen molar-refractivity contribution in [3.8, 4) is 17.4 Å². The van der Waals surface area contributed by atoms with Gasteiger partial charge in [0.15, 0.2) is 23.1 Å². The number of rotatable bonds is 9. The second-order valence-corrected chi connectivity index (χ2v) is 8.83. The molecule has 1 saturated carbocycles. The van der Waals surface area contributed by atoms with E-state index in [0.717, 1.165) is 0 Å². The zero-order valence-electron chi connectivity index (χ0n) is 19.5. The smallest absolute Gasteiger partial charge is 0.215 e. The topological polar surface area (TPSA) is 78.4 Å². The first-order chi connectivity index (χ1) is 17.4. The SMILES string of the molecule is COc1cc2nccc(Oc3ccc(CC(=O)C4(C(=O)Cc5ccc(F)cc5)CC4)cc3F)c2cn1. The number of halogens is 2. The van der Waals surface area contributed by atoms with Crippen LogP contribution >= 0.6 is 0 Å². The molecule has 0 N–H and O–H groups in total. The molecule has 36 heavy (non-hydrogen) atoms. The minimum atomic E-state index is -1.04. The average Bonchev–Trinajstić information content (AvgIpc) is 3.69. The summed E-state index contributed by atoms with van der Waals surface area (Å²) in [5.41, 5.74) is 0.661. The first-order valence-corrected chi connectivity index (χ1v) is 11.4. The summed E-state index contributed by atoms with van der Waals surface area (Å²) in [6, 6.07) is 13.2. The second-order valence-electron chi connectivity index (χ2n) is 8.83. The van der Waals surface area contributed by atoms with Crippen molar-refractivity contribution >= 4 is 22.5 Å². The maximum absolute atomic E-state index is 14.9. The lowest BCUT2D eigenvalue weighted by Gasteiger charge is -2.14. The molecule has 2 aromatic heterocycles. The number of hydrogen-bond donors (Lipinski definition) is 0. The van der Waals surface area contributed by atoms with Gasteiger partial charge in [-0.25, -0.2) is 13.8 Å². The lowest BCUT2D eigenvalue weighted by atomic mass is 9.88. The summed E-state index contributed by atoms with van der Waals surface area (Å²) in [5.74, 6) is -0.667. The normalized spacial score (nSPS) is 13.9. The molecule has 8 heteroatoms. The maximum Gasteiger partial charge on any atom is 0.215 e. The predicted molar refractivity (Wildman–Crippen MR) is 128 cm³/mol. The number of methoxy groups -OCH3 is 1. The molecule has 182 valence electrons. The highest BCUT2D eigenvalue weighted by atomic mass is 19.1. The average molecular weight is 488 g/mol. The van der Waals surface area contributed by atoms with Crippen LogP contribution in [-0.4, -0.2) is 28.6 Å². The molecule has 2 aromatic carbocycles. The molecule has 1 aliphatic carbocycles. The number of benzene rings is 2. The first-order valence-electron chi connectivity index (χ1n) is 11.4. The predicted octanol–water partition coefficient (Wildman–Crippen LogP) is 5.41. The molecule has 2 heterocycles. The van der Waals surface area contributed by atoms with Crippen LogP contribution in [0.2, 0.25) is 0 Å². The van der Waals surface area contributed by atoms with E-state index in [1.807, 2.05) is 0 Å². The lowest BCUT2D eigenvalue weighted by Crippen LogP contribution is -2.28. The van der Waals surface area contributed by atoms with Crippen molar-refractivity contribution in [2.24, 2.45) is 5.41 Å². The van der Waals surface area contributed by atoms with E-state index in [4.69, 9.17) is 9.47 Å². The van der Waals surface area contributed by atoms with Gasteiger partial charge in [-0.2, -0.15) is 0 Å². The lowest BCUT2D eigenvalue weighted by molar-refractivity contribution is -0.133. The molecule has 0 bridgehead atoms. The Bertz CT molecular complexity index is 1470. The Morgan fingerprint density at radius 1 is 0.889 bits per heavy atom. The third kappa shape index (κ3) is 4.66. The van der Waals surface area contributed by atoms with Crippen LogP contribution in [0, 0.1) is 17.0 Å². The molecule has 1 fully saturated rings. The Morgan fingerprint density at radius 3 is 2.25 bits per heavy atom. The van der Waals surface area contributed by atoms with E-state index in [0.29, 0.717) is 46.5 Å². The maximum atomic E-state index is 14.9. The van der Waals surface area contributed by atoms with Crippen molar-refractivity contribution in [1.29, 1.82) is 0 Å². The molecule has 0 amide bonds. The van der Waals surface area contributed by atoms with Gasteiger partial charge in [-0.1, -0.05) is 18.2 Å². The van der Waals surface area contributed by atoms with Crippen LogP contribution in [0.1, 0.15) is 24.0 Å². The summed E-state index contributed by atoms with van der Waals surface area (Å²) in [5, 5.41) is 0.590. The fourth-order valence-electron chi connectivity index (χ4n) is 4.20. The zero-order chi connectivity index (χ0) is 25.3. The Labute approximate surface area is 205 Å². The number of aromatic nitrogens is 2. The fourth-order valence-corrected chi connectivity index (χ4v) is 4.20. The van der Waals surface area contributed by atoms with Gasteiger partial charge >= 0.3 is 0 Å². The summed E-state index contributed by atoms with van der Waals surface area (Å²) in [4.78, 5) is 34.3. The van der Waals surface area contributed by atoms with Crippen LogP contribution in [0.25, 0.3) is 10.9 Å². The van der Waals surface area contributed by atoms with E-state index >= 15 is 0 Å². The summed E-state index contributed by atoms with van der Waals surface area (Å²) in [7, 11) is 1.50. The molecule has 0 atom stereocenters. The minimum absolute atomic E-state index is 0.0111. The van der Waals surface area contributed by atoms with Crippen molar-refractivity contribution in [1.82, 2.24) is 9.97 Å². The standard InChI is InChI=1S/C28H22F2N2O4/c1-35-27-15-22-20(16-32-27)23(8-11-31-22)36-24-7-4-18(12-21(24)30)14-26(34)28(9-10-28)25(33)13-17-2-5-19(29)6-3-17/h2-8,11-12,15-16H,9-10,13-14H2,1H3. The molecule has 0 saturated heterocycles. The van der Waals surface area contributed by atoms with Gasteiger partial charge in [-0.15, -0.1) is 0 Å². The molecule has 0 unspecified atom stereocenters. The van der Waals surface area contributed by atoms with Crippen LogP contribution in [0.15, 0.2) is 67.0 Å². The minimum Gasteiger partial charge on any atom is -0.481 e. The summed E-state index contributed by atoms with van der Waals surface area (Å²) in [6.45, 7) is 0. The monoisotopic (exact) mass is 488 g/mol. The quantitative estimate of drug-likeness (QED) is 0.293. The molecule has 0 spiro atoms. The molecule has 6 nitrogen and oxygen atoms in total. The van der Waals surface area contributed by atoms with Gasteiger partial charge in [-0.05, 0) is 54.3 Å². The summed E-state index contributed by atoms with van der Waals surface area (Å²) < 4.78 is 38.9. The molecule has 1 aliphatic rings. The third-order valence-electron chi connectivity index (χ3n) is 6.45. The Balaban J connectivity index is 1.29. The van der Waals surface area contributed by atoms with E-state index in [9.17, 15) is 18.4 Å². The van der Waals surface area contributed by atoms with Gasteiger partial charge in [0.2, 0.25) is 5.88 Å². The van der Waals surface area contributed by atoms with Gasteiger partial charge in [0.1, 0.15) is 11.6 Å². The van der Waals surface area contributed by atoms with Crippen LogP contribution in [0.4, 0.5) is 8.78 Å². The Morgan fingerprint density at radius 2 is 1.58 bits per heavy atom. The summed E-state index contributed by atoms with van der Waals surface area (Å²) >= 11 is 0. The van der Waals surface area contributed by atoms with Crippen LogP contribution in [-0.2, 0) is 22.4 Å². The van der Waals surface area contributed by atoms with Crippen molar-refractivity contribution in [2.75, 3.05) is 7.11 Å². The Hall–Kier alpha value is -4.20. The van der Waals surface area contributed by atoms with Gasteiger partial charge in [0.05, 0.1) is 23.4 Å². The fraction of sp³-hybridized carbons (Fsp3) is 0.214. The molecule has 5 rings (SSSR count). The number of pyridine rings is 2. The van der Waals surface area contributed by atoms with Gasteiger partial charge in [0.25, 0.3) is 0 Å². The van der Waals surface area contributed by atoms with Crippen molar-refractivity contribution in [3.05, 3.63) is 89.8 Å². The molecular weight excluding hydrogens is 466 g/mol. The van der Waals surface area contributed by atoms with E-state index in [1.165, 1.54) is 31.4 Å². The molecule has 0 radical (unpaired) electrons. The van der Waals surface area contributed by atoms with Crippen molar-refractivity contribution in [2.45, 2.75) is 25.7 Å². The number of carbonyl (C=O) groups is 2. The van der Waals surface area contributed by atoms with E-state index in [2.05, 4.69) is 9.97 Å². The highest BCUT2D eigenvalue weighted by Crippen LogP contribution is 2.49. The summed E-state index contributed by atoms with van der Waals surface area (Å²) in [6.07, 6.45) is 4.04. The number of nitrogens with zero attached hydrogens (tertiary/aromatic N) is 2. The van der Waals surface area contributed by atoms with Crippen LogP contribution in [0.3, 0.4) is 0 Å². The number of carbonyl (C=O) groups excluding carboxylic acids is 2. The highest BCUT2D eigenvalue weighted by Gasteiger charge is 2.54. The third-order valence-corrected chi connectivity index (χ3v) is 6.45. The first kappa shape index (κ1) is 23.5. The highest BCUT2D eigenvalue weighted by molar-refractivity contribution is 6.10.